The predicted octanol–water partition coefficient (Wildman–Crippen LogP) is 0.775. The van der Waals surface area contributed by atoms with Gasteiger partial charge < -0.3 is 16.0 Å². The molecule has 0 aromatic carbocycles. The van der Waals surface area contributed by atoms with Crippen LogP contribution in [0.4, 0.5) is 4.79 Å². The van der Waals surface area contributed by atoms with Crippen molar-refractivity contribution < 1.29 is 4.79 Å². The summed E-state index contributed by atoms with van der Waals surface area (Å²) in [5.41, 5.74) is 5.36. The molecule has 0 saturated carbocycles. The van der Waals surface area contributed by atoms with Gasteiger partial charge in [0.25, 0.3) is 0 Å². The van der Waals surface area contributed by atoms with Gasteiger partial charge in [-0.2, -0.15) is 0 Å². The second kappa shape index (κ2) is 5.20. The molecule has 1 heterocycles. The lowest BCUT2D eigenvalue weighted by Gasteiger charge is -2.38. The predicted molar refractivity (Wildman–Crippen MR) is 57.0 cm³/mol. The number of nitrogens with two attached hydrogens (primary N) is 1. The summed E-state index contributed by atoms with van der Waals surface area (Å²) in [5.74, 6) is 0.479. The molecule has 2 amide bonds. The monoisotopic (exact) mass is 199 g/mol. The smallest absolute Gasteiger partial charge is 0.315 e. The van der Waals surface area contributed by atoms with E-state index in [-0.39, 0.29) is 6.03 Å². The largest absolute Gasteiger partial charge is 0.351 e. The number of piperidine rings is 1. The van der Waals surface area contributed by atoms with Crippen LogP contribution in [0.2, 0.25) is 0 Å². The van der Waals surface area contributed by atoms with Crippen LogP contribution in [0.25, 0.3) is 0 Å². The van der Waals surface area contributed by atoms with Crippen molar-refractivity contribution in [3.05, 3.63) is 0 Å². The number of hydrogen-bond acceptors (Lipinski definition) is 2. The summed E-state index contributed by atoms with van der Waals surface area (Å²) in [7, 11) is 1.94. The first kappa shape index (κ1) is 11.3. The lowest BCUT2D eigenvalue weighted by Crippen LogP contribution is -2.50. The molecule has 1 rings (SSSR count). The average Bonchev–Trinajstić information content (AvgIpc) is 2.18. The van der Waals surface area contributed by atoms with Crippen LogP contribution in [0, 0.1) is 5.92 Å². The summed E-state index contributed by atoms with van der Waals surface area (Å²) in [6, 6.07) is 0.0614. The van der Waals surface area contributed by atoms with Gasteiger partial charge in [-0.3, -0.25) is 0 Å². The van der Waals surface area contributed by atoms with Crippen molar-refractivity contribution >= 4 is 6.03 Å². The van der Waals surface area contributed by atoms with Crippen LogP contribution in [0.1, 0.15) is 26.2 Å². The summed E-state index contributed by atoms with van der Waals surface area (Å²) in [6.07, 6.45) is 3.39. The highest BCUT2D eigenvalue weighted by Gasteiger charge is 2.28. The van der Waals surface area contributed by atoms with E-state index >= 15 is 0 Å². The van der Waals surface area contributed by atoms with Crippen LogP contribution in [0.15, 0.2) is 0 Å². The highest BCUT2D eigenvalue weighted by Crippen LogP contribution is 2.22. The average molecular weight is 199 g/mol. The SMILES string of the molecule is CNC[C@H](C)C1CCCCN1C(N)=O. The van der Waals surface area contributed by atoms with E-state index in [1.165, 1.54) is 6.42 Å². The minimum Gasteiger partial charge on any atom is -0.351 e. The summed E-state index contributed by atoms with van der Waals surface area (Å²) in [5, 5.41) is 3.15. The zero-order valence-corrected chi connectivity index (χ0v) is 9.12. The molecule has 0 aromatic rings. The minimum atomic E-state index is -0.266. The Morgan fingerprint density at radius 1 is 1.64 bits per heavy atom. The molecule has 1 aliphatic heterocycles. The summed E-state index contributed by atoms with van der Waals surface area (Å²) < 4.78 is 0. The van der Waals surface area contributed by atoms with Crippen molar-refractivity contribution in [3.63, 3.8) is 0 Å². The van der Waals surface area contributed by atoms with Gasteiger partial charge >= 0.3 is 6.03 Å². The number of carbonyl (C=O) groups is 1. The first-order chi connectivity index (χ1) is 6.66. The molecule has 1 saturated heterocycles. The lowest BCUT2D eigenvalue weighted by molar-refractivity contribution is 0.129. The maximum atomic E-state index is 11.2. The summed E-state index contributed by atoms with van der Waals surface area (Å²) in [4.78, 5) is 13.0. The van der Waals surface area contributed by atoms with Crippen molar-refractivity contribution in [2.45, 2.75) is 32.2 Å². The van der Waals surface area contributed by atoms with Crippen molar-refractivity contribution in [1.82, 2.24) is 10.2 Å². The molecule has 3 N–H and O–H groups in total. The van der Waals surface area contributed by atoms with Gasteiger partial charge in [0.1, 0.15) is 0 Å². The number of primary amides is 1. The Morgan fingerprint density at radius 3 is 2.93 bits per heavy atom. The number of hydrogen-bond donors (Lipinski definition) is 2. The molecule has 14 heavy (non-hydrogen) atoms. The van der Waals surface area contributed by atoms with E-state index in [0.717, 1.165) is 25.9 Å². The van der Waals surface area contributed by atoms with E-state index < -0.39 is 0 Å². The van der Waals surface area contributed by atoms with Crippen LogP contribution in [-0.4, -0.2) is 37.1 Å². The molecule has 0 radical (unpaired) electrons. The molecule has 82 valence electrons. The number of carbonyl (C=O) groups excluding carboxylic acids is 1. The third kappa shape index (κ3) is 2.61. The standard InChI is InChI=1S/C10H21N3O/c1-8(7-12-2)9-5-3-4-6-13(9)10(11)14/h8-9,12H,3-7H2,1-2H3,(H2,11,14)/t8-,9?/m0/s1. The topological polar surface area (TPSA) is 58.4 Å². The van der Waals surface area contributed by atoms with Crippen LogP contribution in [0.5, 0.6) is 0 Å². The van der Waals surface area contributed by atoms with Gasteiger partial charge in [0.05, 0.1) is 0 Å². The van der Waals surface area contributed by atoms with E-state index in [4.69, 9.17) is 5.73 Å². The molecular weight excluding hydrogens is 178 g/mol. The molecule has 2 atom stereocenters. The Morgan fingerprint density at radius 2 is 2.36 bits per heavy atom. The molecule has 0 aliphatic carbocycles. The van der Waals surface area contributed by atoms with Crippen LogP contribution in [-0.2, 0) is 0 Å². The highest BCUT2D eigenvalue weighted by atomic mass is 16.2. The number of amides is 2. The van der Waals surface area contributed by atoms with E-state index in [0.29, 0.717) is 12.0 Å². The lowest BCUT2D eigenvalue weighted by atomic mass is 9.92. The molecule has 0 spiro atoms. The fourth-order valence-electron chi connectivity index (χ4n) is 2.28. The minimum absolute atomic E-state index is 0.266. The van der Waals surface area contributed by atoms with Crippen molar-refractivity contribution in [3.8, 4) is 0 Å². The fraction of sp³-hybridized carbons (Fsp3) is 0.900. The van der Waals surface area contributed by atoms with Gasteiger partial charge in [0, 0.05) is 12.6 Å². The molecular formula is C10H21N3O. The van der Waals surface area contributed by atoms with E-state index in [9.17, 15) is 4.79 Å². The quantitative estimate of drug-likeness (QED) is 0.705. The number of nitrogens with one attached hydrogen (secondary N) is 1. The molecule has 1 fully saturated rings. The second-order valence-corrected chi connectivity index (χ2v) is 4.13. The number of nitrogens with zero attached hydrogens (tertiary/aromatic N) is 1. The Kier molecular flexibility index (Phi) is 4.20. The van der Waals surface area contributed by atoms with Crippen molar-refractivity contribution in [2.24, 2.45) is 11.7 Å². The van der Waals surface area contributed by atoms with Gasteiger partial charge in [0.2, 0.25) is 0 Å². The molecule has 1 aliphatic rings. The molecule has 1 unspecified atom stereocenters. The zero-order chi connectivity index (χ0) is 10.6. The van der Waals surface area contributed by atoms with Gasteiger partial charge in [-0.1, -0.05) is 6.92 Å². The van der Waals surface area contributed by atoms with Crippen molar-refractivity contribution in [1.29, 1.82) is 0 Å². The number of urea groups is 1. The van der Waals surface area contributed by atoms with Crippen LogP contribution in [0.3, 0.4) is 0 Å². The number of likely N-dealkylation sites (tertiary alicyclic amines) is 1. The van der Waals surface area contributed by atoms with Crippen LogP contribution < -0.4 is 11.1 Å². The van der Waals surface area contributed by atoms with E-state index in [1.807, 2.05) is 11.9 Å². The van der Waals surface area contributed by atoms with Gasteiger partial charge in [0.15, 0.2) is 0 Å². The number of rotatable bonds is 3. The summed E-state index contributed by atoms with van der Waals surface area (Å²) in [6.45, 7) is 3.94. The Bertz CT molecular complexity index is 196. The Hall–Kier alpha value is -0.770. The third-order valence-electron chi connectivity index (χ3n) is 3.02. The Balaban J connectivity index is 2.57. The molecule has 4 nitrogen and oxygen atoms in total. The van der Waals surface area contributed by atoms with E-state index in [1.54, 1.807) is 0 Å². The fourth-order valence-corrected chi connectivity index (χ4v) is 2.28. The second-order valence-electron chi connectivity index (χ2n) is 4.13. The van der Waals surface area contributed by atoms with E-state index in [2.05, 4.69) is 12.2 Å². The first-order valence-electron chi connectivity index (χ1n) is 5.37. The maximum absolute atomic E-state index is 11.2. The first-order valence-corrected chi connectivity index (χ1v) is 5.37. The van der Waals surface area contributed by atoms with Gasteiger partial charge in [-0.15, -0.1) is 0 Å². The normalized spacial score (nSPS) is 24.7. The summed E-state index contributed by atoms with van der Waals surface area (Å²) >= 11 is 0. The van der Waals surface area contributed by atoms with Crippen molar-refractivity contribution in [2.75, 3.05) is 20.1 Å². The molecule has 0 aromatic heterocycles. The van der Waals surface area contributed by atoms with Gasteiger partial charge in [-0.05, 0) is 38.8 Å². The van der Waals surface area contributed by atoms with Gasteiger partial charge in [-0.25, -0.2) is 4.79 Å². The third-order valence-corrected chi connectivity index (χ3v) is 3.02. The zero-order valence-electron chi connectivity index (χ0n) is 9.12. The molecule has 0 bridgehead atoms. The maximum Gasteiger partial charge on any atom is 0.315 e. The van der Waals surface area contributed by atoms with Crippen LogP contribution >= 0.6 is 0 Å². The highest BCUT2D eigenvalue weighted by molar-refractivity contribution is 5.72. The Labute approximate surface area is 85.8 Å². The molecule has 4 heteroatoms.